The van der Waals surface area contributed by atoms with Gasteiger partial charge in [-0.15, -0.1) is 0 Å². The Labute approximate surface area is 137 Å². The van der Waals surface area contributed by atoms with Crippen LogP contribution in [0.4, 0.5) is 5.69 Å². The third kappa shape index (κ3) is 3.46. The van der Waals surface area contributed by atoms with E-state index >= 15 is 0 Å². The molecule has 1 aromatic heterocycles. The molecule has 0 aliphatic rings. The van der Waals surface area contributed by atoms with Crippen LogP contribution in [0.25, 0.3) is 11.1 Å². The molecule has 1 amide bonds. The lowest BCUT2D eigenvalue weighted by Gasteiger charge is -2.06. The molecule has 3 aromatic rings. The lowest BCUT2D eigenvalue weighted by atomic mass is 10.2. The smallest absolute Gasteiger partial charge is 0.408 e. The number of oxazole rings is 1. The van der Waals surface area contributed by atoms with Gasteiger partial charge in [0.2, 0.25) is 5.91 Å². The number of rotatable bonds is 4. The Morgan fingerprint density at radius 2 is 1.96 bits per heavy atom. The van der Waals surface area contributed by atoms with Gasteiger partial charge < -0.3 is 9.73 Å². The Hall–Kier alpha value is -2.53. The maximum atomic E-state index is 12.0. The lowest BCUT2D eigenvalue weighted by Crippen LogP contribution is -2.19. The Kier molecular flexibility index (Phi) is 4.21. The van der Waals surface area contributed by atoms with Gasteiger partial charge in [-0.2, -0.15) is 0 Å². The third-order valence-electron chi connectivity index (χ3n) is 3.53. The Morgan fingerprint density at radius 1 is 1.22 bits per heavy atom. The summed E-state index contributed by atoms with van der Waals surface area (Å²) in [7, 11) is 0. The van der Waals surface area contributed by atoms with Crippen molar-refractivity contribution in [3.63, 3.8) is 0 Å². The summed E-state index contributed by atoms with van der Waals surface area (Å²) in [5, 5.41) is 3.31. The number of hydrogen-bond acceptors (Lipinski definition) is 3. The van der Waals surface area contributed by atoms with E-state index in [0.717, 1.165) is 11.3 Å². The third-order valence-corrected chi connectivity index (χ3v) is 3.76. The highest BCUT2D eigenvalue weighted by atomic mass is 35.5. The number of halogens is 1. The van der Waals surface area contributed by atoms with E-state index in [0.29, 0.717) is 16.1 Å². The molecule has 6 heteroatoms. The maximum absolute atomic E-state index is 12.0. The molecular weight excluding hydrogens is 316 g/mol. The Bertz CT molecular complexity index is 910. The molecule has 23 heavy (non-hydrogen) atoms. The van der Waals surface area contributed by atoms with Crippen LogP contribution < -0.4 is 11.1 Å². The molecular formula is C17H15ClN2O3. The van der Waals surface area contributed by atoms with Crippen molar-refractivity contribution in [1.29, 1.82) is 0 Å². The summed E-state index contributed by atoms with van der Waals surface area (Å²) in [6, 6.07) is 12.5. The van der Waals surface area contributed by atoms with E-state index in [1.807, 2.05) is 31.2 Å². The topological polar surface area (TPSA) is 64.2 Å². The van der Waals surface area contributed by atoms with Crippen LogP contribution in [0.2, 0.25) is 5.02 Å². The van der Waals surface area contributed by atoms with E-state index in [4.69, 9.17) is 16.0 Å². The van der Waals surface area contributed by atoms with Crippen molar-refractivity contribution in [2.45, 2.75) is 19.9 Å². The number of hydrogen-bond donors (Lipinski definition) is 1. The summed E-state index contributed by atoms with van der Waals surface area (Å²) in [4.78, 5) is 23.9. The first-order valence-electron chi connectivity index (χ1n) is 7.18. The first kappa shape index (κ1) is 15.4. The molecule has 118 valence electrons. The van der Waals surface area contributed by atoms with E-state index in [1.165, 1.54) is 4.57 Å². The molecule has 0 aliphatic carbocycles. The SMILES string of the molecule is Cc1ccc(NC(=O)CCn2c(=O)oc3ccc(Cl)cc32)cc1. The van der Waals surface area contributed by atoms with Crippen LogP contribution in [-0.4, -0.2) is 10.5 Å². The minimum absolute atomic E-state index is 0.162. The highest BCUT2D eigenvalue weighted by Gasteiger charge is 2.11. The fraction of sp³-hybridized carbons (Fsp3) is 0.176. The zero-order valence-electron chi connectivity index (χ0n) is 12.5. The molecule has 0 radical (unpaired) electrons. The average molecular weight is 331 g/mol. The molecule has 0 bridgehead atoms. The lowest BCUT2D eigenvalue weighted by molar-refractivity contribution is -0.116. The number of fused-ring (bicyclic) bond motifs is 1. The van der Waals surface area contributed by atoms with Crippen molar-refractivity contribution in [2.24, 2.45) is 0 Å². The number of aromatic nitrogens is 1. The minimum atomic E-state index is -0.495. The minimum Gasteiger partial charge on any atom is -0.408 e. The van der Waals surface area contributed by atoms with Crippen molar-refractivity contribution >= 4 is 34.3 Å². The number of aryl methyl sites for hydroxylation is 2. The van der Waals surface area contributed by atoms with Crippen molar-refractivity contribution < 1.29 is 9.21 Å². The predicted molar refractivity (Wildman–Crippen MR) is 89.9 cm³/mol. The molecule has 0 aliphatic heterocycles. The average Bonchev–Trinajstić information content (AvgIpc) is 2.82. The highest BCUT2D eigenvalue weighted by molar-refractivity contribution is 6.31. The van der Waals surface area contributed by atoms with Crippen LogP contribution in [0.3, 0.4) is 0 Å². The normalized spacial score (nSPS) is 10.9. The predicted octanol–water partition coefficient (Wildman–Crippen LogP) is 3.59. The van der Waals surface area contributed by atoms with Gasteiger partial charge in [-0.25, -0.2) is 4.79 Å². The summed E-state index contributed by atoms with van der Waals surface area (Å²) >= 11 is 5.95. The molecule has 0 unspecified atom stereocenters. The van der Waals surface area contributed by atoms with Gasteiger partial charge in [0.15, 0.2) is 5.58 Å². The summed E-state index contributed by atoms with van der Waals surface area (Å²) in [6.07, 6.45) is 0.162. The van der Waals surface area contributed by atoms with Crippen molar-refractivity contribution in [2.75, 3.05) is 5.32 Å². The second-order valence-corrected chi connectivity index (χ2v) is 5.73. The summed E-state index contributed by atoms with van der Waals surface area (Å²) in [5.74, 6) is -0.664. The molecule has 5 nitrogen and oxygen atoms in total. The van der Waals surface area contributed by atoms with Gasteiger partial charge in [-0.05, 0) is 37.3 Å². The number of benzene rings is 2. The number of carbonyl (C=O) groups is 1. The molecule has 2 aromatic carbocycles. The molecule has 0 saturated heterocycles. The fourth-order valence-corrected chi connectivity index (χ4v) is 2.49. The van der Waals surface area contributed by atoms with Crippen LogP contribution in [0.5, 0.6) is 0 Å². The van der Waals surface area contributed by atoms with Crippen molar-refractivity contribution in [1.82, 2.24) is 4.57 Å². The largest absolute Gasteiger partial charge is 0.419 e. The quantitative estimate of drug-likeness (QED) is 0.795. The second-order valence-electron chi connectivity index (χ2n) is 5.30. The Morgan fingerprint density at radius 3 is 2.70 bits per heavy atom. The number of carbonyl (C=O) groups excluding carboxylic acids is 1. The van der Waals surface area contributed by atoms with Gasteiger partial charge in [-0.3, -0.25) is 9.36 Å². The summed E-state index contributed by atoms with van der Waals surface area (Å²) in [6.45, 7) is 2.21. The second kappa shape index (κ2) is 6.30. The van der Waals surface area contributed by atoms with Gasteiger partial charge >= 0.3 is 5.76 Å². The van der Waals surface area contributed by atoms with Gasteiger partial charge in [0.05, 0.1) is 5.52 Å². The molecule has 1 heterocycles. The molecule has 0 saturated carbocycles. The number of anilines is 1. The summed E-state index contributed by atoms with van der Waals surface area (Å²) < 4.78 is 6.55. The highest BCUT2D eigenvalue weighted by Crippen LogP contribution is 2.18. The molecule has 1 N–H and O–H groups in total. The molecule has 0 spiro atoms. The monoisotopic (exact) mass is 330 g/mol. The van der Waals surface area contributed by atoms with Crippen LogP contribution >= 0.6 is 11.6 Å². The Balaban J connectivity index is 1.72. The zero-order chi connectivity index (χ0) is 16.4. The van der Waals surface area contributed by atoms with Crippen LogP contribution in [0, 0.1) is 6.92 Å². The molecule has 3 rings (SSSR count). The standard InChI is InChI=1S/C17H15ClN2O3/c1-11-2-5-13(6-3-11)19-16(21)8-9-20-14-10-12(18)4-7-15(14)23-17(20)22/h2-7,10H,8-9H2,1H3,(H,19,21). The van der Waals surface area contributed by atoms with Gasteiger partial charge in [0, 0.05) is 23.7 Å². The van der Waals surface area contributed by atoms with Crippen LogP contribution in [0.1, 0.15) is 12.0 Å². The van der Waals surface area contributed by atoms with E-state index < -0.39 is 5.76 Å². The van der Waals surface area contributed by atoms with E-state index in [-0.39, 0.29) is 18.9 Å². The van der Waals surface area contributed by atoms with Gasteiger partial charge in [0.25, 0.3) is 0 Å². The molecule has 0 fully saturated rings. The van der Waals surface area contributed by atoms with Gasteiger partial charge in [-0.1, -0.05) is 29.3 Å². The van der Waals surface area contributed by atoms with E-state index in [1.54, 1.807) is 18.2 Å². The first-order valence-corrected chi connectivity index (χ1v) is 7.56. The number of amides is 1. The summed E-state index contributed by atoms with van der Waals surface area (Å²) in [5.41, 5.74) is 2.90. The number of nitrogens with zero attached hydrogens (tertiary/aromatic N) is 1. The fourth-order valence-electron chi connectivity index (χ4n) is 2.32. The van der Waals surface area contributed by atoms with E-state index in [9.17, 15) is 9.59 Å². The van der Waals surface area contributed by atoms with E-state index in [2.05, 4.69) is 5.32 Å². The van der Waals surface area contributed by atoms with Gasteiger partial charge in [0.1, 0.15) is 0 Å². The zero-order valence-corrected chi connectivity index (χ0v) is 13.3. The van der Waals surface area contributed by atoms with Crippen molar-refractivity contribution in [3.05, 3.63) is 63.6 Å². The van der Waals surface area contributed by atoms with Crippen molar-refractivity contribution in [3.8, 4) is 0 Å². The van der Waals surface area contributed by atoms with Crippen LogP contribution in [-0.2, 0) is 11.3 Å². The first-order chi connectivity index (χ1) is 11.0. The van der Waals surface area contributed by atoms with Crippen LogP contribution in [0.15, 0.2) is 51.7 Å². The number of nitrogens with one attached hydrogen (secondary N) is 1. The molecule has 0 atom stereocenters. The maximum Gasteiger partial charge on any atom is 0.419 e.